The maximum absolute atomic E-state index is 13.0. The summed E-state index contributed by atoms with van der Waals surface area (Å²) in [7, 11) is 0. The lowest BCUT2D eigenvalue weighted by molar-refractivity contribution is -0.141. The second-order valence-corrected chi connectivity index (χ2v) is 8.52. The fourth-order valence-corrected chi connectivity index (χ4v) is 4.62. The fraction of sp³-hybridized carbons (Fsp3) is 0.636. The molecule has 27 heavy (non-hydrogen) atoms. The number of carbonyl (C=O) groups excluding carboxylic acids is 2. The molecule has 2 aliphatic rings. The number of carbonyl (C=O) groups is 2. The zero-order valence-electron chi connectivity index (χ0n) is 16.9. The lowest BCUT2D eigenvalue weighted by Crippen LogP contribution is -2.54. The largest absolute Gasteiger partial charge is 0.353 e. The van der Waals surface area contributed by atoms with E-state index in [0.717, 1.165) is 51.0 Å². The van der Waals surface area contributed by atoms with Crippen molar-refractivity contribution in [3.8, 4) is 0 Å². The van der Waals surface area contributed by atoms with Crippen LogP contribution in [0.1, 0.15) is 51.5 Å². The summed E-state index contributed by atoms with van der Waals surface area (Å²) in [4.78, 5) is 29.3. The number of piperidine rings is 2. The number of hydrogen-bond acceptors (Lipinski definition) is 3. The van der Waals surface area contributed by atoms with Crippen molar-refractivity contribution >= 4 is 11.8 Å². The minimum absolute atomic E-state index is 0.0318. The predicted molar refractivity (Wildman–Crippen MR) is 107 cm³/mol. The molecule has 0 unspecified atom stereocenters. The molecule has 1 atom stereocenters. The maximum atomic E-state index is 13.0. The van der Waals surface area contributed by atoms with Gasteiger partial charge in [0.25, 0.3) is 0 Å². The van der Waals surface area contributed by atoms with Crippen LogP contribution in [0.4, 0.5) is 0 Å². The van der Waals surface area contributed by atoms with Crippen LogP contribution in [-0.4, -0.2) is 60.4 Å². The van der Waals surface area contributed by atoms with Crippen molar-refractivity contribution in [3.05, 3.63) is 35.9 Å². The predicted octanol–water partition coefficient (Wildman–Crippen LogP) is 2.63. The Morgan fingerprint density at radius 1 is 1.22 bits per heavy atom. The fourth-order valence-electron chi connectivity index (χ4n) is 4.62. The van der Waals surface area contributed by atoms with Gasteiger partial charge in [0, 0.05) is 19.1 Å². The number of likely N-dealkylation sites (tertiary alicyclic amines) is 2. The zero-order chi connectivity index (χ0) is 19.4. The second kappa shape index (κ2) is 8.42. The van der Waals surface area contributed by atoms with Crippen LogP contribution in [0.25, 0.3) is 0 Å². The zero-order valence-corrected chi connectivity index (χ0v) is 16.9. The Kier molecular flexibility index (Phi) is 6.20. The van der Waals surface area contributed by atoms with Gasteiger partial charge in [0.1, 0.15) is 0 Å². The van der Waals surface area contributed by atoms with E-state index in [1.165, 1.54) is 0 Å². The molecule has 2 heterocycles. The van der Waals surface area contributed by atoms with Crippen LogP contribution in [0.5, 0.6) is 0 Å². The van der Waals surface area contributed by atoms with Gasteiger partial charge in [0.15, 0.2) is 0 Å². The number of nitrogens with one attached hydrogen (secondary N) is 1. The van der Waals surface area contributed by atoms with Crippen molar-refractivity contribution in [2.24, 2.45) is 5.41 Å². The molecule has 0 saturated carbocycles. The molecule has 3 rings (SSSR count). The number of amides is 2. The van der Waals surface area contributed by atoms with E-state index in [9.17, 15) is 9.59 Å². The average molecular weight is 372 g/mol. The highest BCUT2D eigenvalue weighted by molar-refractivity contribution is 5.84. The van der Waals surface area contributed by atoms with Crippen LogP contribution in [0, 0.1) is 5.41 Å². The number of rotatable bonds is 5. The first-order chi connectivity index (χ1) is 12.9. The van der Waals surface area contributed by atoms with Gasteiger partial charge in [-0.1, -0.05) is 30.3 Å². The SMILES string of the molecule is CCN1CC2(CCN(CC(=O)NC(C)C)CC2)C[C@@H](c2ccccc2)C1=O. The molecule has 1 N–H and O–H groups in total. The first-order valence-electron chi connectivity index (χ1n) is 10.3. The minimum Gasteiger partial charge on any atom is -0.353 e. The van der Waals surface area contributed by atoms with Gasteiger partial charge in [0.2, 0.25) is 11.8 Å². The van der Waals surface area contributed by atoms with E-state index in [-0.39, 0.29) is 29.2 Å². The summed E-state index contributed by atoms with van der Waals surface area (Å²) in [5.41, 5.74) is 1.31. The quantitative estimate of drug-likeness (QED) is 0.866. The summed E-state index contributed by atoms with van der Waals surface area (Å²) in [5, 5.41) is 2.98. The molecule has 2 saturated heterocycles. The van der Waals surface area contributed by atoms with Crippen LogP contribution in [0.2, 0.25) is 0 Å². The van der Waals surface area contributed by atoms with Crippen molar-refractivity contribution < 1.29 is 9.59 Å². The molecule has 2 amide bonds. The molecule has 2 aliphatic heterocycles. The molecule has 0 bridgehead atoms. The Balaban J connectivity index is 1.67. The highest BCUT2D eigenvalue weighted by Gasteiger charge is 2.45. The van der Waals surface area contributed by atoms with Crippen LogP contribution in [0.3, 0.4) is 0 Å². The number of nitrogens with zero attached hydrogens (tertiary/aromatic N) is 2. The lowest BCUT2D eigenvalue weighted by Gasteiger charge is -2.49. The van der Waals surface area contributed by atoms with Crippen LogP contribution >= 0.6 is 0 Å². The monoisotopic (exact) mass is 371 g/mol. The molecular weight excluding hydrogens is 338 g/mol. The van der Waals surface area contributed by atoms with E-state index < -0.39 is 0 Å². The maximum Gasteiger partial charge on any atom is 0.234 e. The van der Waals surface area contributed by atoms with E-state index >= 15 is 0 Å². The van der Waals surface area contributed by atoms with Gasteiger partial charge >= 0.3 is 0 Å². The molecule has 5 heteroatoms. The Morgan fingerprint density at radius 3 is 2.48 bits per heavy atom. The van der Waals surface area contributed by atoms with E-state index in [2.05, 4.69) is 29.3 Å². The third kappa shape index (κ3) is 4.70. The van der Waals surface area contributed by atoms with Gasteiger partial charge in [-0.05, 0) is 64.1 Å². The van der Waals surface area contributed by atoms with Crippen molar-refractivity contribution in [2.45, 2.75) is 52.0 Å². The smallest absolute Gasteiger partial charge is 0.234 e. The van der Waals surface area contributed by atoms with E-state index in [4.69, 9.17) is 0 Å². The summed E-state index contributed by atoms with van der Waals surface area (Å²) in [6.07, 6.45) is 3.03. The summed E-state index contributed by atoms with van der Waals surface area (Å²) >= 11 is 0. The Labute approximate surface area is 163 Å². The van der Waals surface area contributed by atoms with E-state index in [1.807, 2.05) is 36.9 Å². The van der Waals surface area contributed by atoms with Gasteiger partial charge in [-0.25, -0.2) is 0 Å². The Morgan fingerprint density at radius 2 is 1.89 bits per heavy atom. The molecule has 0 aliphatic carbocycles. The Hall–Kier alpha value is -1.88. The summed E-state index contributed by atoms with van der Waals surface area (Å²) in [6.45, 7) is 10.0. The number of likely N-dealkylation sites (N-methyl/N-ethyl adjacent to an activating group) is 1. The van der Waals surface area contributed by atoms with Crippen molar-refractivity contribution in [2.75, 3.05) is 32.7 Å². The van der Waals surface area contributed by atoms with Crippen LogP contribution < -0.4 is 5.32 Å². The third-order valence-corrected chi connectivity index (χ3v) is 6.09. The van der Waals surface area contributed by atoms with Gasteiger partial charge in [0.05, 0.1) is 12.5 Å². The second-order valence-electron chi connectivity index (χ2n) is 8.52. The molecule has 1 aromatic rings. The lowest BCUT2D eigenvalue weighted by atomic mass is 9.67. The van der Waals surface area contributed by atoms with Crippen LogP contribution in [0.15, 0.2) is 30.3 Å². The summed E-state index contributed by atoms with van der Waals surface area (Å²) in [6, 6.07) is 10.4. The molecule has 1 aromatic carbocycles. The van der Waals surface area contributed by atoms with Gasteiger partial charge < -0.3 is 10.2 Å². The normalized spacial score (nSPS) is 23.0. The molecule has 0 aromatic heterocycles. The highest BCUT2D eigenvalue weighted by atomic mass is 16.2. The first-order valence-corrected chi connectivity index (χ1v) is 10.3. The topological polar surface area (TPSA) is 52.6 Å². The summed E-state index contributed by atoms with van der Waals surface area (Å²) in [5.74, 6) is 0.348. The van der Waals surface area contributed by atoms with Crippen molar-refractivity contribution in [1.82, 2.24) is 15.1 Å². The molecule has 2 fully saturated rings. The molecule has 0 radical (unpaired) electrons. The standard InChI is InChI=1S/C22H33N3O2/c1-4-25-16-22(14-19(21(25)27)18-8-6-5-7-9-18)10-12-24(13-11-22)15-20(26)23-17(2)3/h5-9,17,19H,4,10-16H2,1-3H3,(H,23,26)/t19-/m0/s1. The summed E-state index contributed by atoms with van der Waals surface area (Å²) < 4.78 is 0. The molecular formula is C22H33N3O2. The molecule has 148 valence electrons. The van der Waals surface area contributed by atoms with E-state index in [0.29, 0.717) is 6.54 Å². The van der Waals surface area contributed by atoms with Crippen LogP contribution in [-0.2, 0) is 9.59 Å². The van der Waals surface area contributed by atoms with E-state index in [1.54, 1.807) is 0 Å². The Bertz CT molecular complexity index is 651. The average Bonchev–Trinajstić information content (AvgIpc) is 2.65. The first kappa shape index (κ1) is 19.9. The number of hydrogen-bond donors (Lipinski definition) is 1. The highest BCUT2D eigenvalue weighted by Crippen LogP contribution is 2.45. The third-order valence-electron chi connectivity index (χ3n) is 6.09. The van der Waals surface area contributed by atoms with Gasteiger partial charge in [-0.15, -0.1) is 0 Å². The minimum atomic E-state index is -0.0318. The van der Waals surface area contributed by atoms with Crippen molar-refractivity contribution in [1.29, 1.82) is 0 Å². The van der Waals surface area contributed by atoms with Gasteiger partial charge in [-0.2, -0.15) is 0 Å². The number of benzene rings is 1. The molecule has 5 nitrogen and oxygen atoms in total. The molecule has 1 spiro atoms. The van der Waals surface area contributed by atoms with Crippen molar-refractivity contribution in [3.63, 3.8) is 0 Å². The van der Waals surface area contributed by atoms with Gasteiger partial charge in [-0.3, -0.25) is 14.5 Å².